The van der Waals surface area contributed by atoms with Gasteiger partial charge in [-0.25, -0.2) is 4.79 Å². The summed E-state index contributed by atoms with van der Waals surface area (Å²) in [6, 6.07) is 3.58. The van der Waals surface area contributed by atoms with Crippen molar-refractivity contribution in [3.8, 4) is 11.5 Å². The van der Waals surface area contributed by atoms with Gasteiger partial charge in [0.2, 0.25) is 0 Å². The van der Waals surface area contributed by atoms with E-state index in [1.165, 1.54) is 6.08 Å². The van der Waals surface area contributed by atoms with Gasteiger partial charge in [-0.05, 0) is 53.3 Å². The Labute approximate surface area is 113 Å². The molecule has 0 heterocycles. The maximum absolute atomic E-state index is 10.4. The monoisotopic (exact) mass is 348 g/mol. The van der Waals surface area contributed by atoms with Crippen molar-refractivity contribution in [1.82, 2.24) is 0 Å². The predicted octanol–water partition coefficient (Wildman–Crippen LogP) is 2.80. The fraction of sp³-hybridized carbons (Fsp3) is 0.250. The van der Waals surface area contributed by atoms with Gasteiger partial charge in [-0.1, -0.05) is 0 Å². The molecule has 4 nitrogen and oxygen atoms in total. The Morgan fingerprint density at radius 1 is 1.53 bits per heavy atom. The first-order valence-corrected chi connectivity index (χ1v) is 6.07. The lowest BCUT2D eigenvalue weighted by Crippen LogP contribution is -1.98. The molecule has 5 heteroatoms. The first kappa shape index (κ1) is 13.8. The molecule has 0 unspecified atom stereocenters. The van der Waals surface area contributed by atoms with Crippen LogP contribution in [0.15, 0.2) is 18.2 Å². The van der Waals surface area contributed by atoms with E-state index in [0.29, 0.717) is 18.1 Å². The van der Waals surface area contributed by atoms with E-state index in [0.717, 1.165) is 15.2 Å². The van der Waals surface area contributed by atoms with Crippen LogP contribution in [0.25, 0.3) is 6.08 Å². The Balaban J connectivity index is 3.12. The lowest BCUT2D eigenvalue weighted by Gasteiger charge is -2.12. The molecule has 0 bridgehead atoms. The first-order chi connectivity index (χ1) is 8.08. The first-order valence-electron chi connectivity index (χ1n) is 4.99. The van der Waals surface area contributed by atoms with Gasteiger partial charge >= 0.3 is 5.97 Å². The Morgan fingerprint density at radius 3 is 2.76 bits per heavy atom. The highest BCUT2D eigenvalue weighted by Crippen LogP contribution is 2.34. The van der Waals surface area contributed by atoms with Crippen molar-refractivity contribution in [2.45, 2.75) is 6.92 Å². The molecule has 0 fully saturated rings. The fourth-order valence-electron chi connectivity index (χ4n) is 1.29. The van der Waals surface area contributed by atoms with E-state index in [9.17, 15) is 4.79 Å². The van der Waals surface area contributed by atoms with Gasteiger partial charge in [0.15, 0.2) is 11.5 Å². The van der Waals surface area contributed by atoms with E-state index >= 15 is 0 Å². The van der Waals surface area contributed by atoms with Crippen LogP contribution in [-0.4, -0.2) is 24.8 Å². The summed E-state index contributed by atoms with van der Waals surface area (Å²) in [6.07, 6.45) is 2.61. The molecular formula is C12H13IO4. The number of halogens is 1. The average Bonchev–Trinajstić information content (AvgIpc) is 2.29. The van der Waals surface area contributed by atoms with Crippen molar-refractivity contribution in [3.05, 3.63) is 27.3 Å². The number of aliphatic carboxylic acids is 1. The van der Waals surface area contributed by atoms with Crippen LogP contribution < -0.4 is 9.47 Å². The molecule has 92 valence electrons. The van der Waals surface area contributed by atoms with Crippen LogP contribution in [0, 0.1) is 3.57 Å². The third-order valence-electron chi connectivity index (χ3n) is 1.96. The lowest BCUT2D eigenvalue weighted by atomic mass is 10.2. The predicted molar refractivity (Wildman–Crippen MR) is 73.5 cm³/mol. The van der Waals surface area contributed by atoms with Crippen LogP contribution in [0.4, 0.5) is 0 Å². The SMILES string of the molecule is CCOc1c(I)cc(C=CC(=O)O)cc1OC. The maximum atomic E-state index is 10.4. The van der Waals surface area contributed by atoms with Gasteiger partial charge in [-0.15, -0.1) is 0 Å². The number of carbonyl (C=O) groups is 1. The molecule has 1 rings (SSSR count). The molecule has 1 aromatic carbocycles. The number of carboxylic acids is 1. The standard InChI is InChI=1S/C12H13IO4/c1-3-17-12-9(13)6-8(4-5-11(14)15)7-10(12)16-2/h4-7H,3H2,1-2H3,(H,14,15). The molecule has 0 radical (unpaired) electrons. The Morgan fingerprint density at radius 2 is 2.24 bits per heavy atom. The number of benzene rings is 1. The van der Waals surface area contributed by atoms with Gasteiger partial charge in [0, 0.05) is 6.08 Å². The molecule has 17 heavy (non-hydrogen) atoms. The Hall–Kier alpha value is -1.24. The number of rotatable bonds is 5. The molecule has 0 saturated carbocycles. The molecule has 0 spiro atoms. The minimum atomic E-state index is -0.979. The molecule has 0 atom stereocenters. The smallest absolute Gasteiger partial charge is 0.328 e. The highest BCUT2D eigenvalue weighted by Gasteiger charge is 2.10. The second-order valence-corrected chi connectivity index (χ2v) is 4.30. The van der Waals surface area contributed by atoms with Crippen LogP contribution >= 0.6 is 22.6 Å². The summed E-state index contributed by atoms with van der Waals surface area (Å²) in [5.41, 5.74) is 0.761. The van der Waals surface area contributed by atoms with Gasteiger partial charge in [0.05, 0.1) is 17.3 Å². The number of hydrogen-bond acceptors (Lipinski definition) is 3. The van der Waals surface area contributed by atoms with Crippen LogP contribution in [0.1, 0.15) is 12.5 Å². The van der Waals surface area contributed by atoms with Crippen LogP contribution in [0.2, 0.25) is 0 Å². The topological polar surface area (TPSA) is 55.8 Å². The van der Waals surface area contributed by atoms with Crippen molar-refractivity contribution < 1.29 is 19.4 Å². The van der Waals surface area contributed by atoms with Crippen molar-refractivity contribution in [3.63, 3.8) is 0 Å². The number of methoxy groups -OCH3 is 1. The summed E-state index contributed by atoms with van der Waals surface area (Å²) in [5.74, 6) is 0.305. The number of ether oxygens (including phenoxy) is 2. The summed E-state index contributed by atoms with van der Waals surface area (Å²) in [6.45, 7) is 2.45. The molecule has 0 aliphatic heterocycles. The second-order valence-electron chi connectivity index (χ2n) is 3.14. The molecule has 0 aliphatic carbocycles. The van der Waals surface area contributed by atoms with Gasteiger partial charge in [0.25, 0.3) is 0 Å². The molecule has 0 aliphatic rings. The van der Waals surface area contributed by atoms with Crippen LogP contribution in [-0.2, 0) is 4.79 Å². The van der Waals surface area contributed by atoms with E-state index in [2.05, 4.69) is 22.6 Å². The van der Waals surface area contributed by atoms with E-state index in [1.54, 1.807) is 13.2 Å². The molecular weight excluding hydrogens is 335 g/mol. The number of hydrogen-bond donors (Lipinski definition) is 1. The molecule has 0 saturated heterocycles. The lowest BCUT2D eigenvalue weighted by molar-refractivity contribution is -0.131. The van der Waals surface area contributed by atoms with Crippen molar-refractivity contribution in [1.29, 1.82) is 0 Å². The highest BCUT2D eigenvalue weighted by atomic mass is 127. The van der Waals surface area contributed by atoms with E-state index < -0.39 is 5.97 Å². The quantitative estimate of drug-likeness (QED) is 0.657. The van der Waals surface area contributed by atoms with E-state index in [4.69, 9.17) is 14.6 Å². The number of carboxylic acid groups (broad SMARTS) is 1. The Bertz CT molecular complexity index is 440. The Kier molecular flexibility index (Phi) is 5.27. The minimum absolute atomic E-state index is 0.552. The largest absolute Gasteiger partial charge is 0.493 e. The highest BCUT2D eigenvalue weighted by molar-refractivity contribution is 14.1. The zero-order chi connectivity index (χ0) is 12.8. The van der Waals surface area contributed by atoms with Gasteiger partial charge in [0.1, 0.15) is 0 Å². The van der Waals surface area contributed by atoms with Gasteiger partial charge in [-0.3, -0.25) is 0 Å². The van der Waals surface area contributed by atoms with E-state index in [1.807, 2.05) is 13.0 Å². The van der Waals surface area contributed by atoms with Gasteiger partial charge in [-0.2, -0.15) is 0 Å². The van der Waals surface area contributed by atoms with Crippen molar-refractivity contribution in [2.24, 2.45) is 0 Å². The average molecular weight is 348 g/mol. The van der Waals surface area contributed by atoms with Crippen molar-refractivity contribution >= 4 is 34.6 Å². The van der Waals surface area contributed by atoms with Crippen LogP contribution in [0.5, 0.6) is 11.5 Å². The van der Waals surface area contributed by atoms with E-state index in [-0.39, 0.29) is 0 Å². The minimum Gasteiger partial charge on any atom is -0.493 e. The third-order valence-corrected chi connectivity index (χ3v) is 2.76. The summed E-state index contributed by atoms with van der Waals surface area (Å²) >= 11 is 2.13. The van der Waals surface area contributed by atoms with Gasteiger partial charge < -0.3 is 14.6 Å². The molecule has 0 aromatic heterocycles. The molecule has 1 N–H and O–H groups in total. The fourth-order valence-corrected chi connectivity index (χ4v) is 2.07. The summed E-state index contributed by atoms with van der Waals surface area (Å²) in [4.78, 5) is 10.4. The normalized spacial score (nSPS) is 10.5. The molecule has 0 amide bonds. The van der Waals surface area contributed by atoms with Crippen molar-refractivity contribution in [2.75, 3.05) is 13.7 Å². The zero-order valence-corrected chi connectivity index (χ0v) is 11.7. The summed E-state index contributed by atoms with van der Waals surface area (Å²) in [5, 5.41) is 8.56. The van der Waals surface area contributed by atoms with Crippen LogP contribution in [0.3, 0.4) is 0 Å². The molecule has 1 aromatic rings. The maximum Gasteiger partial charge on any atom is 0.328 e. The third kappa shape index (κ3) is 3.92. The summed E-state index contributed by atoms with van der Waals surface area (Å²) < 4.78 is 11.6. The zero-order valence-electron chi connectivity index (χ0n) is 9.57. The second kappa shape index (κ2) is 6.48. The summed E-state index contributed by atoms with van der Waals surface area (Å²) in [7, 11) is 1.55.